The van der Waals surface area contributed by atoms with Crippen LogP contribution >= 0.6 is 24.4 Å². The van der Waals surface area contributed by atoms with E-state index in [-0.39, 0.29) is 0 Å². The SMILES string of the molecule is C=C(C#N)SC(=N)CS. The highest BCUT2D eigenvalue weighted by atomic mass is 32.2. The van der Waals surface area contributed by atoms with Gasteiger partial charge in [-0.25, -0.2) is 0 Å². The van der Waals surface area contributed by atoms with E-state index in [1.807, 2.05) is 6.07 Å². The number of nitrogens with one attached hydrogen (secondary N) is 1. The van der Waals surface area contributed by atoms with Gasteiger partial charge in [0.05, 0.1) is 9.95 Å². The van der Waals surface area contributed by atoms with Crippen molar-refractivity contribution in [3.63, 3.8) is 0 Å². The summed E-state index contributed by atoms with van der Waals surface area (Å²) in [5, 5.41) is 15.6. The van der Waals surface area contributed by atoms with Gasteiger partial charge in [-0.05, 0) is 0 Å². The quantitative estimate of drug-likeness (QED) is 0.278. The van der Waals surface area contributed by atoms with Crippen LogP contribution in [0.25, 0.3) is 0 Å². The molecule has 0 aliphatic carbocycles. The lowest BCUT2D eigenvalue weighted by atomic mass is 10.7. The van der Waals surface area contributed by atoms with Crippen molar-refractivity contribution in [1.82, 2.24) is 0 Å². The van der Waals surface area contributed by atoms with Gasteiger partial charge >= 0.3 is 0 Å². The van der Waals surface area contributed by atoms with Crippen molar-refractivity contribution in [3.05, 3.63) is 11.5 Å². The topological polar surface area (TPSA) is 47.6 Å². The van der Waals surface area contributed by atoms with E-state index in [1.54, 1.807) is 0 Å². The molecule has 0 saturated carbocycles. The number of nitrogens with zero attached hydrogens (tertiary/aromatic N) is 1. The van der Waals surface area contributed by atoms with E-state index in [0.29, 0.717) is 15.7 Å². The van der Waals surface area contributed by atoms with E-state index in [9.17, 15) is 0 Å². The summed E-state index contributed by atoms with van der Waals surface area (Å²) in [6.07, 6.45) is 0. The first-order valence-corrected chi connectivity index (χ1v) is 3.60. The Labute approximate surface area is 63.9 Å². The molecule has 0 aromatic heterocycles. The summed E-state index contributed by atoms with van der Waals surface area (Å²) in [4.78, 5) is 0.342. The van der Waals surface area contributed by atoms with Gasteiger partial charge in [0.2, 0.25) is 0 Å². The van der Waals surface area contributed by atoms with E-state index in [2.05, 4.69) is 19.2 Å². The molecule has 0 aliphatic heterocycles. The summed E-state index contributed by atoms with van der Waals surface area (Å²) >= 11 is 4.88. The Morgan fingerprint density at radius 1 is 1.89 bits per heavy atom. The molecular weight excluding hydrogens is 152 g/mol. The third-order valence-corrected chi connectivity index (χ3v) is 1.77. The van der Waals surface area contributed by atoms with E-state index in [0.717, 1.165) is 11.8 Å². The molecule has 0 aromatic carbocycles. The second-order valence-electron chi connectivity index (χ2n) is 1.22. The number of allylic oxidation sites excluding steroid dienone is 1. The van der Waals surface area contributed by atoms with Gasteiger partial charge in [-0.15, -0.1) is 0 Å². The lowest BCUT2D eigenvalue weighted by Crippen LogP contribution is -1.89. The van der Waals surface area contributed by atoms with E-state index >= 15 is 0 Å². The largest absolute Gasteiger partial charge is 0.297 e. The first-order chi connectivity index (χ1) is 4.20. The molecular formula is C5H6N2S2. The van der Waals surface area contributed by atoms with Gasteiger partial charge in [-0.1, -0.05) is 18.3 Å². The summed E-state index contributed by atoms with van der Waals surface area (Å²) in [7, 11) is 0. The minimum atomic E-state index is 0.342. The number of thioether (sulfide) groups is 1. The van der Waals surface area contributed by atoms with Crippen molar-refractivity contribution in [2.24, 2.45) is 0 Å². The maximum absolute atomic E-state index is 8.19. The maximum atomic E-state index is 8.19. The van der Waals surface area contributed by atoms with Crippen molar-refractivity contribution in [3.8, 4) is 6.07 Å². The minimum absolute atomic E-state index is 0.342. The number of thiol groups is 1. The molecule has 0 heterocycles. The number of nitriles is 1. The van der Waals surface area contributed by atoms with Gasteiger partial charge in [-0.2, -0.15) is 17.9 Å². The van der Waals surface area contributed by atoms with Crippen molar-refractivity contribution < 1.29 is 0 Å². The average molecular weight is 158 g/mol. The van der Waals surface area contributed by atoms with Crippen LogP contribution in [0, 0.1) is 16.7 Å². The fourth-order valence-electron chi connectivity index (χ4n) is 0.204. The molecule has 0 rings (SSSR count). The Morgan fingerprint density at radius 2 is 2.44 bits per heavy atom. The first-order valence-electron chi connectivity index (χ1n) is 2.16. The molecule has 4 heteroatoms. The molecule has 0 spiro atoms. The molecule has 0 unspecified atom stereocenters. The van der Waals surface area contributed by atoms with Crippen LogP contribution in [0.2, 0.25) is 0 Å². The number of hydrogen-bond acceptors (Lipinski definition) is 4. The van der Waals surface area contributed by atoms with Crippen LogP contribution < -0.4 is 0 Å². The van der Waals surface area contributed by atoms with Crippen LogP contribution in [0.15, 0.2) is 11.5 Å². The first kappa shape index (κ1) is 8.60. The summed E-state index contributed by atoms with van der Waals surface area (Å²) in [5.74, 6) is 0.366. The highest BCUT2D eigenvalue weighted by molar-refractivity contribution is 8.18. The highest BCUT2D eigenvalue weighted by Gasteiger charge is 1.96. The summed E-state index contributed by atoms with van der Waals surface area (Å²) in [6, 6.07) is 1.82. The Morgan fingerprint density at radius 3 is 2.78 bits per heavy atom. The van der Waals surface area contributed by atoms with Crippen molar-refractivity contribution in [1.29, 1.82) is 10.7 Å². The smallest absolute Gasteiger partial charge is 0.106 e. The molecule has 0 aromatic rings. The monoisotopic (exact) mass is 158 g/mol. The van der Waals surface area contributed by atoms with Crippen LogP contribution in [0.1, 0.15) is 0 Å². The molecule has 48 valence electrons. The Balaban J connectivity index is 3.64. The molecule has 2 nitrogen and oxygen atoms in total. The second kappa shape index (κ2) is 4.48. The van der Waals surface area contributed by atoms with Crippen LogP contribution in [0.4, 0.5) is 0 Å². The van der Waals surface area contributed by atoms with Gasteiger partial charge < -0.3 is 0 Å². The van der Waals surface area contributed by atoms with Crippen LogP contribution in [-0.2, 0) is 0 Å². The van der Waals surface area contributed by atoms with Gasteiger partial charge in [0.1, 0.15) is 6.07 Å². The zero-order chi connectivity index (χ0) is 7.28. The van der Waals surface area contributed by atoms with Crippen molar-refractivity contribution in [2.75, 3.05) is 5.75 Å². The Kier molecular flexibility index (Phi) is 4.28. The maximum Gasteiger partial charge on any atom is 0.106 e. The number of hydrogen-bond donors (Lipinski definition) is 2. The summed E-state index contributed by atoms with van der Waals surface area (Å²) in [5.41, 5.74) is 0. The third-order valence-electron chi connectivity index (χ3n) is 0.515. The average Bonchev–Trinajstić information content (AvgIpc) is 1.87. The van der Waals surface area contributed by atoms with Crippen LogP contribution in [0.5, 0.6) is 0 Å². The third kappa shape index (κ3) is 4.13. The molecule has 9 heavy (non-hydrogen) atoms. The normalized spacial score (nSPS) is 8.00. The van der Waals surface area contributed by atoms with Crippen molar-refractivity contribution in [2.45, 2.75) is 0 Å². The predicted octanol–water partition coefficient (Wildman–Crippen LogP) is 1.66. The van der Waals surface area contributed by atoms with Gasteiger partial charge in [0, 0.05) is 5.75 Å². The highest BCUT2D eigenvalue weighted by Crippen LogP contribution is 2.13. The van der Waals surface area contributed by atoms with Gasteiger partial charge in [0.25, 0.3) is 0 Å². The minimum Gasteiger partial charge on any atom is -0.297 e. The molecule has 0 aliphatic rings. The Bertz CT molecular complexity index is 168. The molecule has 0 radical (unpaired) electrons. The standard InChI is InChI=1S/C5H6N2S2/c1-4(2-6)9-5(7)3-8/h7-8H,1,3H2. The van der Waals surface area contributed by atoms with Crippen LogP contribution in [-0.4, -0.2) is 10.8 Å². The van der Waals surface area contributed by atoms with E-state index < -0.39 is 0 Å². The fourth-order valence-corrected chi connectivity index (χ4v) is 0.805. The zero-order valence-corrected chi connectivity index (χ0v) is 6.43. The summed E-state index contributed by atoms with van der Waals surface area (Å²) < 4.78 is 0. The van der Waals surface area contributed by atoms with Crippen LogP contribution in [0.3, 0.4) is 0 Å². The lowest BCUT2D eigenvalue weighted by Gasteiger charge is -1.92. The Hall–Kier alpha value is -0.400. The summed E-state index contributed by atoms with van der Waals surface area (Å²) in [6.45, 7) is 3.39. The van der Waals surface area contributed by atoms with Gasteiger partial charge in [-0.3, -0.25) is 5.41 Å². The predicted molar refractivity (Wildman–Crippen MR) is 43.9 cm³/mol. The molecule has 0 bridgehead atoms. The lowest BCUT2D eigenvalue weighted by molar-refractivity contribution is 1.53. The zero-order valence-electron chi connectivity index (χ0n) is 4.72. The molecule has 0 amide bonds. The molecule has 0 atom stereocenters. The van der Waals surface area contributed by atoms with Crippen molar-refractivity contribution >= 4 is 29.4 Å². The van der Waals surface area contributed by atoms with E-state index in [4.69, 9.17) is 10.7 Å². The molecule has 0 saturated heterocycles. The molecule has 0 fully saturated rings. The number of rotatable bonds is 2. The fraction of sp³-hybridized carbons (Fsp3) is 0.200. The second-order valence-corrected chi connectivity index (χ2v) is 2.72. The van der Waals surface area contributed by atoms with E-state index in [1.165, 1.54) is 0 Å². The van der Waals surface area contributed by atoms with Gasteiger partial charge in [0.15, 0.2) is 0 Å². The molecule has 1 N–H and O–H groups in total.